The summed E-state index contributed by atoms with van der Waals surface area (Å²) >= 11 is 0. The number of rotatable bonds is 7. The minimum atomic E-state index is 0.0431. The average molecular weight is 184 g/mol. The number of unbranched alkanes of at least 4 members (excludes halogenated alkanes) is 1. The second-order valence-corrected chi connectivity index (χ2v) is 2.76. The maximum Gasteiger partial charge on any atom is 0.219 e. The van der Waals surface area contributed by atoms with Crippen LogP contribution in [0.1, 0.15) is 32.6 Å². The molecule has 0 aromatic carbocycles. The molecule has 0 aromatic rings. The summed E-state index contributed by atoms with van der Waals surface area (Å²) in [5.41, 5.74) is 7.96. The second-order valence-electron chi connectivity index (χ2n) is 2.76. The minimum Gasteiger partial charge on any atom is -0.356 e. The molecule has 0 atom stereocenters. The van der Waals surface area contributed by atoms with E-state index in [1.54, 1.807) is 0 Å². The molecule has 0 rings (SSSR count). The largest absolute Gasteiger partial charge is 0.356 e. The summed E-state index contributed by atoms with van der Waals surface area (Å²) < 4.78 is 0. The van der Waals surface area contributed by atoms with Gasteiger partial charge in [-0.1, -0.05) is 18.5 Å². The SMILES string of the molecule is CCCCNC(=O)CCCN=[N+]=[N-]. The van der Waals surface area contributed by atoms with E-state index in [0.717, 1.165) is 19.4 Å². The first-order valence-corrected chi connectivity index (χ1v) is 4.58. The van der Waals surface area contributed by atoms with Gasteiger partial charge in [-0.05, 0) is 18.4 Å². The zero-order valence-corrected chi connectivity index (χ0v) is 7.99. The maximum absolute atomic E-state index is 11.0. The molecule has 0 aromatic heterocycles. The van der Waals surface area contributed by atoms with Gasteiger partial charge in [0, 0.05) is 24.4 Å². The van der Waals surface area contributed by atoms with Crippen molar-refractivity contribution in [2.24, 2.45) is 5.11 Å². The highest BCUT2D eigenvalue weighted by Crippen LogP contribution is 1.90. The highest BCUT2D eigenvalue weighted by molar-refractivity contribution is 5.75. The third-order valence-electron chi connectivity index (χ3n) is 1.58. The van der Waals surface area contributed by atoms with Crippen molar-refractivity contribution in [3.8, 4) is 0 Å². The van der Waals surface area contributed by atoms with Crippen LogP contribution < -0.4 is 5.32 Å². The third-order valence-corrected chi connectivity index (χ3v) is 1.58. The molecule has 0 unspecified atom stereocenters. The summed E-state index contributed by atoms with van der Waals surface area (Å²) in [4.78, 5) is 13.6. The molecule has 1 amide bonds. The number of azide groups is 1. The van der Waals surface area contributed by atoms with E-state index in [-0.39, 0.29) is 5.91 Å². The van der Waals surface area contributed by atoms with Crippen LogP contribution in [0.4, 0.5) is 0 Å². The maximum atomic E-state index is 11.0. The van der Waals surface area contributed by atoms with E-state index in [9.17, 15) is 4.79 Å². The number of amides is 1. The molecule has 0 heterocycles. The molecule has 0 saturated carbocycles. The van der Waals surface area contributed by atoms with Crippen LogP contribution in [-0.4, -0.2) is 19.0 Å². The molecule has 0 aliphatic heterocycles. The van der Waals surface area contributed by atoms with Crippen LogP contribution in [0.5, 0.6) is 0 Å². The fourth-order valence-electron chi connectivity index (χ4n) is 0.848. The lowest BCUT2D eigenvalue weighted by Gasteiger charge is -2.02. The fraction of sp³-hybridized carbons (Fsp3) is 0.875. The lowest BCUT2D eigenvalue weighted by Crippen LogP contribution is -2.24. The van der Waals surface area contributed by atoms with Crippen molar-refractivity contribution in [1.82, 2.24) is 5.32 Å². The molecule has 0 fully saturated rings. The van der Waals surface area contributed by atoms with E-state index in [0.29, 0.717) is 19.4 Å². The quantitative estimate of drug-likeness (QED) is 0.279. The van der Waals surface area contributed by atoms with E-state index in [1.165, 1.54) is 0 Å². The summed E-state index contributed by atoms with van der Waals surface area (Å²) in [5, 5.41) is 6.13. The lowest BCUT2D eigenvalue weighted by molar-refractivity contribution is -0.121. The van der Waals surface area contributed by atoms with Gasteiger partial charge in [-0.15, -0.1) is 0 Å². The minimum absolute atomic E-state index is 0.0431. The van der Waals surface area contributed by atoms with Crippen molar-refractivity contribution in [3.05, 3.63) is 10.4 Å². The van der Waals surface area contributed by atoms with Gasteiger partial charge >= 0.3 is 0 Å². The van der Waals surface area contributed by atoms with E-state index in [4.69, 9.17) is 5.53 Å². The number of carbonyl (C=O) groups is 1. The van der Waals surface area contributed by atoms with Crippen molar-refractivity contribution in [1.29, 1.82) is 0 Å². The van der Waals surface area contributed by atoms with Gasteiger partial charge in [-0.25, -0.2) is 0 Å². The summed E-state index contributed by atoms with van der Waals surface area (Å²) in [5.74, 6) is 0.0431. The molecule has 0 radical (unpaired) electrons. The highest BCUT2D eigenvalue weighted by Gasteiger charge is 1.98. The van der Waals surface area contributed by atoms with Gasteiger partial charge < -0.3 is 5.32 Å². The number of nitrogens with one attached hydrogen (secondary N) is 1. The Hall–Kier alpha value is -1.22. The molecule has 0 aliphatic rings. The van der Waals surface area contributed by atoms with Crippen molar-refractivity contribution in [2.75, 3.05) is 13.1 Å². The number of carbonyl (C=O) groups excluding carboxylic acids is 1. The Kier molecular flexibility index (Phi) is 8.04. The molecule has 1 N–H and O–H groups in total. The number of hydrogen-bond donors (Lipinski definition) is 1. The smallest absolute Gasteiger partial charge is 0.219 e. The summed E-state index contributed by atoms with van der Waals surface area (Å²) in [6.07, 6.45) is 3.17. The second kappa shape index (κ2) is 8.87. The summed E-state index contributed by atoms with van der Waals surface area (Å²) in [6, 6.07) is 0. The van der Waals surface area contributed by atoms with Gasteiger partial charge in [-0.3, -0.25) is 4.79 Å². The van der Waals surface area contributed by atoms with Crippen LogP contribution in [0.3, 0.4) is 0 Å². The lowest BCUT2D eigenvalue weighted by atomic mass is 10.3. The zero-order valence-electron chi connectivity index (χ0n) is 7.99. The number of nitrogens with zero attached hydrogens (tertiary/aromatic N) is 3. The molecule has 74 valence electrons. The highest BCUT2D eigenvalue weighted by atomic mass is 16.1. The summed E-state index contributed by atoms with van der Waals surface area (Å²) in [6.45, 7) is 3.22. The van der Waals surface area contributed by atoms with Gasteiger partial charge in [0.2, 0.25) is 5.91 Å². The molecule has 5 nitrogen and oxygen atoms in total. The Bertz CT molecular complexity index is 187. The Morgan fingerprint density at radius 3 is 2.92 bits per heavy atom. The van der Waals surface area contributed by atoms with Crippen molar-refractivity contribution in [2.45, 2.75) is 32.6 Å². The van der Waals surface area contributed by atoms with Crippen LogP contribution in [0.25, 0.3) is 10.4 Å². The van der Waals surface area contributed by atoms with Crippen molar-refractivity contribution in [3.63, 3.8) is 0 Å². The third kappa shape index (κ3) is 8.69. The molecule has 0 spiro atoms. The predicted octanol–water partition coefficient (Wildman–Crippen LogP) is 1.99. The van der Waals surface area contributed by atoms with E-state index < -0.39 is 0 Å². The predicted molar refractivity (Wildman–Crippen MR) is 51.2 cm³/mol. The molecule has 0 bridgehead atoms. The molecular formula is C8H16N4O. The first-order valence-electron chi connectivity index (χ1n) is 4.58. The topological polar surface area (TPSA) is 77.9 Å². The number of hydrogen-bond acceptors (Lipinski definition) is 2. The molecule has 0 saturated heterocycles. The van der Waals surface area contributed by atoms with E-state index in [2.05, 4.69) is 22.3 Å². The Morgan fingerprint density at radius 1 is 1.54 bits per heavy atom. The van der Waals surface area contributed by atoms with Gasteiger partial charge in [-0.2, -0.15) is 0 Å². The van der Waals surface area contributed by atoms with Crippen molar-refractivity contribution >= 4 is 5.91 Å². The van der Waals surface area contributed by atoms with Gasteiger partial charge in [0.25, 0.3) is 0 Å². The van der Waals surface area contributed by atoms with Crippen LogP contribution in [0.2, 0.25) is 0 Å². The van der Waals surface area contributed by atoms with Gasteiger partial charge in [0.05, 0.1) is 0 Å². The van der Waals surface area contributed by atoms with E-state index >= 15 is 0 Å². The molecule has 5 heteroatoms. The van der Waals surface area contributed by atoms with Crippen LogP contribution >= 0.6 is 0 Å². The molecule has 13 heavy (non-hydrogen) atoms. The van der Waals surface area contributed by atoms with Crippen LogP contribution in [0.15, 0.2) is 5.11 Å². The average Bonchev–Trinajstić information content (AvgIpc) is 2.13. The fourth-order valence-corrected chi connectivity index (χ4v) is 0.848. The summed E-state index contributed by atoms with van der Waals surface area (Å²) in [7, 11) is 0. The molecular weight excluding hydrogens is 168 g/mol. The van der Waals surface area contributed by atoms with Gasteiger partial charge in [0.15, 0.2) is 0 Å². The van der Waals surface area contributed by atoms with E-state index in [1.807, 2.05) is 0 Å². The zero-order chi connectivity index (χ0) is 9.94. The Labute approximate surface area is 78.1 Å². The van der Waals surface area contributed by atoms with Crippen LogP contribution in [0, 0.1) is 0 Å². The standard InChI is InChI=1S/C8H16N4O/c1-2-3-6-10-8(13)5-4-7-11-12-9/h2-7H2,1H3,(H,10,13). The first-order chi connectivity index (χ1) is 6.31. The van der Waals surface area contributed by atoms with Crippen LogP contribution in [-0.2, 0) is 4.79 Å². The Balaban J connectivity index is 3.24. The normalized spacial score (nSPS) is 9.00. The Morgan fingerprint density at radius 2 is 2.31 bits per heavy atom. The monoisotopic (exact) mass is 184 g/mol. The van der Waals surface area contributed by atoms with Crippen molar-refractivity contribution < 1.29 is 4.79 Å². The first kappa shape index (κ1) is 11.8. The van der Waals surface area contributed by atoms with Gasteiger partial charge in [0.1, 0.15) is 0 Å². The molecule has 0 aliphatic carbocycles.